The SMILES string of the molecule is CC(C)(C)OC(=O)NCCC(=O)N=c1ccccn1Cc1ccccc1. The van der Waals surface area contributed by atoms with E-state index in [1.54, 1.807) is 26.8 Å². The van der Waals surface area contributed by atoms with Gasteiger partial charge in [0.1, 0.15) is 11.1 Å². The molecule has 0 aliphatic carbocycles. The maximum atomic E-state index is 12.1. The van der Waals surface area contributed by atoms with Crippen LogP contribution in [0.5, 0.6) is 0 Å². The number of nitrogens with zero attached hydrogens (tertiary/aromatic N) is 2. The Kier molecular flexibility index (Phi) is 6.72. The fourth-order valence-corrected chi connectivity index (χ4v) is 2.25. The highest BCUT2D eigenvalue weighted by Gasteiger charge is 2.15. The number of carbonyl (C=O) groups is 2. The van der Waals surface area contributed by atoms with Crippen molar-refractivity contribution >= 4 is 12.0 Å². The monoisotopic (exact) mass is 355 g/mol. The molecular formula is C20H25N3O3. The molecule has 1 N–H and O–H groups in total. The number of pyridine rings is 1. The first-order valence-electron chi connectivity index (χ1n) is 8.57. The topological polar surface area (TPSA) is 72.7 Å². The van der Waals surface area contributed by atoms with E-state index in [-0.39, 0.29) is 18.9 Å². The van der Waals surface area contributed by atoms with Gasteiger partial charge in [0.15, 0.2) is 0 Å². The minimum Gasteiger partial charge on any atom is -0.444 e. The van der Waals surface area contributed by atoms with Crippen molar-refractivity contribution in [2.24, 2.45) is 4.99 Å². The van der Waals surface area contributed by atoms with E-state index in [0.717, 1.165) is 5.56 Å². The number of aromatic nitrogens is 1. The van der Waals surface area contributed by atoms with Gasteiger partial charge in [0.25, 0.3) is 0 Å². The molecule has 0 unspecified atom stereocenters. The van der Waals surface area contributed by atoms with Crippen molar-refractivity contribution in [3.8, 4) is 0 Å². The number of rotatable bonds is 5. The Morgan fingerprint density at radius 1 is 1.08 bits per heavy atom. The van der Waals surface area contributed by atoms with Crippen molar-refractivity contribution in [3.05, 3.63) is 65.8 Å². The highest BCUT2D eigenvalue weighted by atomic mass is 16.6. The fourth-order valence-electron chi connectivity index (χ4n) is 2.25. The Morgan fingerprint density at radius 3 is 2.46 bits per heavy atom. The van der Waals surface area contributed by atoms with E-state index in [0.29, 0.717) is 12.0 Å². The van der Waals surface area contributed by atoms with Crippen LogP contribution in [0.15, 0.2) is 59.7 Å². The largest absolute Gasteiger partial charge is 0.444 e. The van der Waals surface area contributed by atoms with Gasteiger partial charge in [0.2, 0.25) is 5.91 Å². The van der Waals surface area contributed by atoms with Crippen molar-refractivity contribution in [1.29, 1.82) is 0 Å². The van der Waals surface area contributed by atoms with Crippen LogP contribution in [0, 0.1) is 0 Å². The first-order chi connectivity index (χ1) is 12.3. The Hall–Kier alpha value is -2.89. The van der Waals surface area contributed by atoms with Crippen LogP contribution in [-0.2, 0) is 16.1 Å². The molecule has 1 heterocycles. The van der Waals surface area contributed by atoms with Crippen molar-refractivity contribution < 1.29 is 14.3 Å². The first kappa shape index (κ1) is 19.4. The number of carbonyl (C=O) groups excluding carboxylic acids is 2. The molecule has 26 heavy (non-hydrogen) atoms. The van der Waals surface area contributed by atoms with Crippen molar-refractivity contribution in [3.63, 3.8) is 0 Å². The van der Waals surface area contributed by atoms with Crippen LogP contribution >= 0.6 is 0 Å². The summed E-state index contributed by atoms with van der Waals surface area (Å²) in [6.45, 7) is 6.17. The molecule has 0 saturated heterocycles. The van der Waals surface area contributed by atoms with Crippen LogP contribution in [-0.4, -0.2) is 28.7 Å². The van der Waals surface area contributed by atoms with Crippen LogP contribution in [0.25, 0.3) is 0 Å². The molecule has 0 bridgehead atoms. The van der Waals surface area contributed by atoms with Gasteiger partial charge >= 0.3 is 6.09 Å². The quantitative estimate of drug-likeness (QED) is 0.896. The number of alkyl carbamates (subject to hydrolysis) is 1. The lowest BCUT2D eigenvalue weighted by Gasteiger charge is -2.19. The normalized spacial score (nSPS) is 11.9. The van der Waals surface area contributed by atoms with E-state index in [2.05, 4.69) is 10.3 Å². The third-order valence-electron chi connectivity index (χ3n) is 3.36. The molecule has 0 fully saturated rings. The second-order valence-electron chi connectivity index (χ2n) is 6.86. The summed E-state index contributed by atoms with van der Waals surface area (Å²) in [5, 5.41) is 2.56. The fraction of sp³-hybridized carbons (Fsp3) is 0.350. The van der Waals surface area contributed by atoms with E-state index in [1.165, 1.54) is 0 Å². The minimum atomic E-state index is -0.564. The Bertz CT molecular complexity index is 805. The summed E-state index contributed by atoms with van der Waals surface area (Å²) in [6.07, 6.45) is 1.46. The highest BCUT2D eigenvalue weighted by molar-refractivity contribution is 5.77. The predicted molar refractivity (Wildman–Crippen MR) is 99.4 cm³/mol. The summed E-state index contributed by atoms with van der Waals surface area (Å²) in [5.74, 6) is -0.297. The maximum Gasteiger partial charge on any atom is 0.407 e. The molecule has 2 aromatic rings. The van der Waals surface area contributed by atoms with Crippen LogP contribution in [0.1, 0.15) is 32.8 Å². The average molecular weight is 355 g/mol. The van der Waals surface area contributed by atoms with Gasteiger partial charge in [-0.2, -0.15) is 4.99 Å². The lowest BCUT2D eigenvalue weighted by Crippen LogP contribution is -2.33. The molecular weight excluding hydrogens is 330 g/mol. The van der Waals surface area contributed by atoms with Crippen molar-refractivity contribution in [2.75, 3.05) is 6.54 Å². The summed E-state index contributed by atoms with van der Waals surface area (Å²) in [7, 11) is 0. The van der Waals surface area contributed by atoms with Gasteiger partial charge in [-0.25, -0.2) is 4.79 Å². The molecule has 2 rings (SSSR count). The van der Waals surface area contributed by atoms with E-state index in [1.807, 2.05) is 53.2 Å². The molecule has 138 valence electrons. The Balaban J connectivity index is 1.96. The molecule has 1 aromatic heterocycles. The van der Waals surface area contributed by atoms with E-state index in [4.69, 9.17) is 4.74 Å². The predicted octanol–water partition coefficient (Wildman–Crippen LogP) is 2.88. The zero-order chi connectivity index (χ0) is 19.0. The number of benzene rings is 1. The third kappa shape index (κ3) is 6.93. The lowest BCUT2D eigenvalue weighted by atomic mass is 10.2. The van der Waals surface area contributed by atoms with Crippen molar-refractivity contribution in [2.45, 2.75) is 39.3 Å². The van der Waals surface area contributed by atoms with Gasteiger partial charge in [-0.1, -0.05) is 36.4 Å². The van der Waals surface area contributed by atoms with Gasteiger partial charge in [-0.3, -0.25) is 4.79 Å². The maximum absolute atomic E-state index is 12.1. The number of hydrogen-bond donors (Lipinski definition) is 1. The molecule has 0 aliphatic heterocycles. The third-order valence-corrected chi connectivity index (χ3v) is 3.36. The Labute approximate surface area is 153 Å². The summed E-state index contributed by atoms with van der Waals surface area (Å²) >= 11 is 0. The summed E-state index contributed by atoms with van der Waals surface area (Å²) in [6, 6.07) is 15.5. The minimum absolute atomic E-state index is 0.111. The molecule has 1 aromatic carbocycles. The van der Waals surface area contributed by atoms with E-state index in [9.17, 15) is 9.59 Å². The van der Waals surface area contributed by atoms with Gasteiger partial charge in [-0.15, -0.1) is 0 Å². The zero-order valence-corrected chi connectivity index (χ0v) is 15.4. The molecule has 0 saturated carbocycles. The van der Waals surface area contributed by atoms with Gasteiger partial charge in [-0.05, 0) is 38.5 Å². The molecule has 6 nitrogen and oxygen atoms in total. The summed E-state index contributed by atoms with van der Waals surface area (Å²) in [5.41, 5.74) is 1.14. The van der Waals surface area contributed by atoms with Gasteiger partial charge in [0.05, 0.1) is 0 Å². The number of amides is 2. The Morgan fingerprint density at radius 2 is 1.77 bits per heavy atom. The van der Waals surface area contributed by atoms with Crippen LogP contribution in [0.3, 0.4) is 0 Å². The second kappa shape index (κ2) is 8.99. The highest BCUT2D eigenvalue weighted by Crippen LogP contribution is 2.06. The van der Waals surface area contributed by atoms with Gasteiger partial charge in [0, 0.05) is 25.7 Å². The smallest absolute Gasteiger partial charge is 0.407 e. The average Bonchev–Trinajstić information content (AvgIpc) is 2.56. The van der Waals surface area contributed by atoms with Crippen molar-refractivity contribution in [1.82, 2.24) is 9.88 Å². The molecule has 0 spiro atoms. The number of ether oxygens (including phenoxy) is 1. The molecule has 0 atom stereocenters. The number of nitrogens with one attached hydrogen (secondary N) is 1. The molecule has 6 heteroatoms. The van der Waals surface area contributed by atoms with Gasteiger partial charge < -0.3 is 14.6 Å². The zero-order valence-electron chi connectivity index (χ0n) is 15.4. The van der Waals surface area contributed by atoms with E-state index >= 15 is 0 Å². The van der Waals surface area contributed by atoms with E-state index < -0.39 is 11.7 Å². The lowest BCUT2D eigenvalue weighted by molar-refractivity contribution is -0.118. The first-order valence-corrected chi connectivity index (χ1v) is 8.57. The second-order valence-corrected chi connectivity index (χ2v) is 6.86. The molecule has 0 radical (unpaired) electrons. The number of hydrogen-bond acceptors (Lipinski definition) is 3. The van der Waals surface area contributed by atoms with Crippen LogP contribution < -0.4 is 10.8 Å². The van der Waals surface area contributed by atoms with Crippen LogP contribution in [0.4, 0.5) is 4.79 Å². The molecule has 2 amide bonds. The summed E-state index contributed by atoms with van der Waals surface area (Å²) < 4.78 is 7.04. The summed E-state index contributed by atoms with van der Waals surface area (Å²) in [4.78, 5) is 27.8. The van der Waals surface area contributed by atoms with Crippen LogP contribution in [0.2, 0.25) is 0 Å². The molecule has 0 aliphatic rings. The standard InChI is InChI=1S/C20H25N3O3/c1-20(2,3)26-19(25)21-13-12-18(24)22-17-11-7-8-14-23(17)15-16-9-5-4-6-10-16/h4-11,14H,12-13,15H2,1-3H3,(H,21,25).